The summed E-state index contributed by atoms with van der Waals surface area (Å²) in [5.74, 6) is -0.434. The lowest BCUT2D eigenvalue weighted by atomic mass is 9.74. The Morgan fingerprint density at radius 1 is 1.27 bits per heavy atom. The van der Waals surface area contributed by atoms with Gasteiger partial charge in [-0.2, -0.15) is 0 Å². The highest BCUT2D eigenvalue weighted by Crippen LogP contribution is 2.42. The van der Waals surface area contributed by atoms with Crippen LogP contribution in [0.15, 0.2) is 42.7 Å². The third-order valence-electron chi connectivity index (χ3n) is 4.11. The number of rotatable bonds is 5. The molecule has 0 fully saturated rings. The molecule has 3 nitrogen and oxygen atoms in total. The maximum atomic E-state index is 11.3. The van der Waals surface area contributed by atoms with Crippen LogP contribution in [0.5, 0.6) is 0 Å². The highest BCUT2D eigenvalue weighted by Gasteiger charge is 2.43. The number of pyridine rings is 1. The van der Waals surface area contributed by atoms with E-state index in [0.29, 0.717) is 22.0 Å². The summed E-state index contributed by atoms with van der Waals surface area (Å²) < 4.78 is 0. The van der Waals surface area contributed by atoms with Crippen LogP contribution in [0.3, 0.4) is 0 Å². The maximum absolute atomic E-state index is 11.3. The molecule has 0 saturated carbocycles. The van der Waals surface area contributed by atoms with E-state index in [0.717, 1.165) is 5.56 Å². The first-order chi connectivity index (χ1) is 10.4. The summed E-state index contributed by atoms with van der Waals surface area (Å²) >= 11 is 12.2. The summed E-state index contributed by atoms with van der Waals surface area (Å²) in [5, 5.41) is 22.7. The van der Waals surface area contributed by atoms with Crippen LogP contribution in [0.1, 0.15) is 37.3 Å². The van der Waals surface area contributed by atoms with E-state index in [1.165, 1.54) is 0 Å². The Bertz CT molecular complexity index is 636. The average molecular weight is 340 g/mol. The van der Waals surface area contributed by atoms with Gasteiger partial charge in [0.15, 0.2) is 0 Å². The minimum atomic E-state index is -1.49. The number of hydrogen-bond donors (Lipinski definition) is 2. The molecule has 0 radical (unpaired) electrons. The summed E-state index contributed by atoms with van der Waals surface area (Å²) in [6, 6.07) is 8.63. The zero-order valence-electron chi connectivity index (χ0n) is 12.5. The number of nitrogens with zero attached hydrogens (tertiary/aromatic N) is 1. The van der Waals surface area contributed by atoms with Crippen LogP contribution in [0.2, 0.25) is 10.0 Å². The third-order valence-corrected chi connectivity index (χ3v) is 4.67. The van der Waals surface area contributed by atoms with Crippen LogP contribution in [0, 0.1) is 0 Å². The molecule has 0 aliphatic carbocycles. The van der Waals surface area contributed by atoms with Crippen molar-refractivity contribution < 1.29 is 10.2 Å². The molecule has 0 saturated heterocycles. The van der Waals surface area contributed by atoms with E-state index < -0.39 is 17.6 Å². The number of hydrogen-bond acceptors (Lipinski definition) is 3. The van der Waals surface area contributed by atoms with Crippen molar-refractivity contribution in [1.82, 2.24) is 4.98 Å². The van der Waals surface area contributed by atoms with E-state index in [4.69, 9.17) is 23.2 Å². The van der Waals surface area contributed by atoms with Crippen molar-refractivity contribution in [3.05, 3.63) is 63.9 Å². The molecule has 0 spiro atoms. The number of halogens is 2. The van der Waals surface area contributed by atoms with Gasteiger partial charge in [0.05, 0.1) is 6.10 Å². The van der Waals surface area contributed by atoms with Gasteiger partial charge in [0.2, 0.25) is 0 Å². The molecule has 118 valence electrons. The molecule has 0 amide bonds. The van der Waals surface area contributed by atoms with Gasteiger partial charge in [0.1, 0.15) is 5.60 Å². The minimum Gasteiger partial charge on any atom is -0.390 e. The molecular formula is C17H19Cl2NO2. The molecule has 2 aromatic rings. The molecule has 0 aliphatic heterocycles. The predicted octanol–water partition coefficient (Wildman–Crippen LogP) is 4.15. The Balaban J connectivity index is 2.54. The van der Waals surface area contributed by atoms with Crippen molar-refractivity contribution in [3.8, 4) is 0 Å². The van der Waals surface area contributed by atoms with Gasteiger partial charge in [-0.05, 0) is 30.2 Å². The molecule has 22 heavy (non-hydrogen) atoms. The first-order valence-corrected chi connectivity index (χ1v) is 7.92. The molecule has 3 unspecified atom stereocenters. The van der Waals surface area contributed by atoms with Crippen molar-refractivity contribution >= 4 is 23.2 Å². The molecule has 2 N–H and O–H groups in total. The topological polar surface area (TPSA) is 53.4 Å². The SMILES string of the molecule is CCC(O)C(O)(c1cccnc1)C(C)c1ccc(Cl)cc1Cl. The van der Waals surface area contributed by atoms with Gasteiger partial charge < -0.3 is 10.2 Å². The molecule has 1 heterocycles. The van der Waals surface area contributed by atoms with Gasteiger partial charge in [0.25, 0.3) is 0 Å². The van der Waals surface area contributed by atoms with Gasteiger partial charge in [-0.25, -0.2) is 0 Å². The monoisotopic (exact) mass is 339 g/mol. The molecule has 0 aliphatic rings. The van der Waals surface area contributed by atoms with Crippen molar-refractivity contribution in [2.75, 3.05) is 0 Å². The lowest BCUT2D eigenvalue weighted by molar-refractivity contribution is -0.0977. The fraction of sp³-hybridized carbons (Fsp3) is 0.353. The lowest BCUT2D eigenvalue weighted by Gasteiger charge is -2.38. The van der Waals surface area contributed by atoms with Crippen LogP contribution in [-0.4, -0.2) is 21.3 Å². The van der Waals surface area contributed by atoms with Crippen molar-refractivity contribution in [2.45, 2.75) is 37.9 Å². The zero-order chi connectivity index (χ0) is 16.3. The Morgan fingerprint density at radius 3 is 2.55 bits per heavy atom. The number of benzene rings is 1. The van der Waals surface area contributed by atoms with E-state index in [2.05, 4.69) is 4.98 Å². The fourth-order valence-electron chi connectivity index (χ4n) is 2.73. The van der Waals surface area contributed by atoms with Crippen molar-refractivity contribution in [2.24, 2.45) is 0 Å². The van der Waals surface area contributed by atoms with Crippen LogP contribution in [-0.2, 0) is 5.60 Å². The summed E-state index contributed by atoms with van der Waals surface area (Å²) in [7, 11) is 0. The molecule has 3 atom stereocenters. The quantitative estimate of drug-likeness (QED) is 0.860. The Labute approximate surface area is 140 Å². The first kappa shape index (κ1) is 17.2. The minimum absolute atomic E-state index is 0.404. The molecule has 2 rings (SSSR count). The Hall–Kier alpha value is -1.13. The molecule has 5 heteroatoms. The highest BCUT2D eigenvalue weighted by molar-refractivity contribution is 6.35. The number of aliphatic hydroxyl groups excluding tert-OH is 1. The van der Waals surface area contributed by atoms with Crippen LogP contribution < -0.4 is 0 Å². The van der Waals surface area contributed by atoms with Gasteiger partial charge in [-0.1, -0.05) is 49.2 Å². The maximum Gasteiger partial charge on any atom is 0.123 e. The standard InChI is InChI=1S/C17H19Cl2NO2/c1-3-16(21)17(22,12-5-4-8-20-10-12)11(2)14-7-6-13(18)9-15(14)19/h4-11,16,21-22H,3H2,1-2H3. The summed E-state index contributed by atoms with van der Waals surface area (Å²) in [4.78, 5) is 4.05. The second-order valence-electron chi connectivity index (χ2n) is 5.38. The lowest BCUT2D eigenvalue weighted by Crippen LogP contribution is -2.44. The summed E-state index contributed by atoms with van der Waals surface area (Å²) in [6.45, 7) is 3.66. The second-order valence-corrected chi connectivity index (χ2v) is 6.22. The average Bonchev–Trinajstić information content (AvgIpc) is 2.53. The van der Waals surface area contributed by atoms with E-state index in [1.807, 2.05) is 13.8 Å². The molecule has 0 bridgehead atoms. The molecular weight excluding hydrogens is 321 g/mol. The predicted molar refractivity (Wildman–Crippen MR) is 89.3 cm³/mol. The smallest absolute Gasteiger partial charge is 0.123 e. The zero-order valence-corrected chi connectivity index (χ0v) is 14.0. The first-order valence-electron chi connectivity index (χ1n) is 7.17. The van der Waals surface area contributed by atoms with Crippen LogP contribution in [0.4, 0.5) is 0 Å². The summed E-state index contributed by atoms with van der Waals surface area (Å²) in [5.41, 5.74) is -0.201. The van der Waals surface area contributed by atoms with E-state index in [-0.39, 0.29) is 0 Å². The van der Waals surface area contributed by atoms with Gasteiger partial charge >= 0.3 is 0 Å². The normalized spacial score (nSPS) is 16.8. The Kier molecular flexibility index (Phi) is 5.45. The fourth-order valence-corrected chi connectivity index (χ4v) is 3.30. The van der Waals surface area contributed by atoms with E-state index in [1.54, 1.807) is 42.7 Å². The highest BCUT2D eigenvalue weighted by atomic mass is 35.5. The van der Waals surface area contributed by atoms with Gasteiger partial charge in [-0.15, -0.1) is 0 Å². The van der Waals surface area contributed by atoms with Crippen LogP contribution >= 0.6 is 23.2 Å². The van der Waals surface area contributed by atoms with Crippen LogP contribution in [0.25, 0.3) is 0 Å². The Morgan fingerprint density at radius 2 is 2.00 bits per heavy atom. The van der Waals surface area contributed by atoms with E-state index in [9.17, 15) is 10.2 Å². The van der Waals surface area contributed by atoms with Gasteiger partial charge in [0, 0.05) is 33.9 Å². The second kappa shape index (κ2) is 6.97. The number of aromatic nitrogens is 1. The number of aliphatic hydroxyl groups is 2. The molecule has 1 aromatic heterocycles. The van der Waals surface area contributed by atoms with Gasteiger partial charge in [-0.3, -0.25) is 4.98 Å². The van der Waals surface area contributed by atoms with Crippen molar-refractivity contribution in [1.29, 1.82) is 0 Å². The van der Waals surface area contributed by atoms with E-state index >= 15 is 0 Å². The van der Waals surface area contributed by atoms with Crippen molar-refractivity contribution in [3.63, 3.8) is 0 Å². The largest absolute Gasteiger partial charge is 0.390 e. The third kappa shape index (κ3) is 3.13. The summed E-state index contributed by atoms with van der Waals surface area (Å²) in [6.07, 6.45) is 2.65. The molecule has 1 aromatic carbocycles.